The first kappa shape index (κ1) is 14.0. The molecule has 0 aromatic carbocycles. The van der Waals surface area contributed by atoms with Crippen LogP contribution in [0.25, 0.3) is 0 Å². The topological polar surface area (TPSA) is 84.2 Å². The van der Waals surface area contributed by atoms with E-state index in [1.807, 2.05) is 0 Å². The molecule has 1 saturated heterocycles. The van der Waals surface area contributed by atoms with Crippen molar-refractivity contribution in [3.05, 3.63) is 0 Å². The van der Waals surface area contributed by atoms with Gasteiger partial charge in [-0.15, -0.1) is 0 Å². The Kier molecular flexibility index (Phi) is 5.41. The van der Waals surface area contributed by atoms with Gasteiger partial charge in [0.15, 0.2) is 0 Å². The number of piperidine rings is 1. The van der Waals surface area contributed by atoms with Crippen LogP contribution >= 0.6 is 0 Å². The normalized spacial score (nSPS) is 26.2. The minimum Gasteiger partial charge on any atom is -0.370 e. The number of carbonyl (C=O) groups is 2. The molecule has 1 fully saturated rings. The minimum absolute atomic E-state index is 0.00926. The van der Waals surface area contributed by atoms with E-state index in [-0.39, 0.29) is 30.3 Å². The van der Waals surface area contributed by atoms with Gasteiger partial charge in [-0.25, -0.2) is 0 Å². The Hall–Kier alpha value is -1.10. The first-order valence-electron chi connectivity index (χ1n) is 6.30. The number of carbonyl (C=O) groups excluding carboxylic acids is 2. The summed E-state index contributed by atoms with van der Waals surface area (Å²) in [5, 5.41) is 6.16. The highest BCUT2D eigenvalue weighted by atomic mass is 16.2. The highest BCUT2D eigenvalue weighted by Gasteiger charge is 2.23. The molecule has 5 heteroatoms. The largest absolute Gasteiger partial charge is 0.370 e. The Morgan fingerprint density at radius 2 is 2.24 bits per heavy atom. The number of amides is 2. The SMILES string of the molecule is CC(CC(N)=O)NC(=O)CC1NCCCC1C. The lowest BCUT2D eigenvalue weighted by atomic mass is 9.90. The highest BCUT2D eigenvalue weighted by Crippen LogP contribution is 2.17. The second-order valence-electron chi connectivity index (χ2n) is 5.02. The van der Waals surface area contributed by atoms with Gasteiger partial charge in [0.25, 0.3) is 0 Å². The summed E-state index contributed by atoms with van der Waals surface area (Å²) in [6.07, 6.45) is 3.02. The van der Waals surface area contributed by atoms with Crippen LogP contribution in [0.3, 0.4) is 0 Å². The molecule has 5 nitrogen and oxygen atoms in total. The Balaban J connectivity index is 2.30. The Labute approximate surface area is 103 Å². The average molecular weight is 241 g/mol. The van der Waals surface area contributed by atoms with Gasteiger partial charge in [-0.1, -0.05) is 6.92 Å². The van der Waals surface area contributed by atoms with Crippen LogP contribution in [0.5, 0.6) is 0 Å². The molecule has 98 valence electrons. The van der Waals surface area contributed by atoms with Crippen molar-refractivity contribution in [3.63, 3.8) is 0 Å². The third-order valence-electron chi connectivity index (χ3n) is 3.25. The number of nitrogens with one attached hydrogen (secondary N) is 2. The van der Waals surface area contributed by atoms with Gasteiger partial charge >= 0.3 is 0 Å². The highest BCUT2D eigenvalue weighted by molar-refractivity contribution is 5.79. The first-order chi connectivity index (χ1) is 7.99. The standard InChI is InChI=1S/C12H23N3O2/c1-8-4-3-5-14-10(8)7-12(17)15-9(2)6-11(13)16/h8-10,14H,3-7H2,1-2H3,(H2,13,16)(H,15,17). The second-order valence-corrected chi connectivity index (χ2v) is 5.02. The zero-order valence-electron chi connectivity index (χ0n) is 10.7. The maximum Gasteiger partial charge on any atom is 0.221 e. The molecule has 0 spiro atoms. The van der Waals surface area contributed by atoms with Crippen LogP contribution in [-0.2, 0) is 9.59 Å². The van der Waals surface area contributed by atoms with Crippen LogP contribution in [0.1, 0.15) is 39.5 Å². The monoisotopic (exact) mass is 241 g/mol. The van der Waals surface area contributed by atoms with Gasteiger partial charge in [0.1, 0.15) is 0 Å². The van der Waals surface area contributed by atoms with E-state index in [1.165, 1.54) is 12.8 Å². The lowest BCUT2D eigenvalue weighted by Crippen LogP contribution is -2.45. The fourth-order valence-electron chi connectivity index (χ4n) is 2.27. The molecule has 1 aliphatic rings. The predicted molar refractivity (Wildman–Crippen MR) is 66.2 cm³/mol. The second kappa shape index (κ2) is 6.59. The van der Waals surface area contributed by atoms with Crippen LogP contribution in [0.15, 0.2) is 0 Å². The minimum atomic E-state index is -0.387. The summed E-state index contributed by atoms with van der Waals surface area (Å²) < 4.78 is 0. The van der Waals surface area contributed by atoms with Crippen molar-refractivity contribution in [1.82, 2.24) is 10.6 Å². The molecule has 0 aromatic heterocycles. The summed E-state index contributed by atoms with van der Waals surface area (Å²) in [7, 11) is 0. The van der Waals surface area contributed by atoms with Crippen LogP contribution in [0, 0.1) is 5.92 Å². The number of rotatable bonds is 5. The number of hydrogen-bond donors (Lipinski definition) is 3. The predicted octanol–water partition coefficient (Wildman–Crippen LogP) is 0.145. The van der Waals surface area contributed by atoms with Crippen molar-refractivity contribution < 1.29 is 9.59 Å². The van der Waals surface area contributed by atoms with Crippen LogP contribution < -0.4 is 16.4 Å². The molecule has 0 aliphatic carbocycles. The lowest BCUT2D eigenvalue weighted by molar-refractivity contribution is -0.123. The quantitative estimate of drug-likeness (QED) is 0.640. The fraction of sp³-hybridized carbons (Fsp3) is 0.833. The molecule has 17 heavy (non-hydrogen) atoms. The zero-order chi connectivity index (χ0) is 12.8. The number of hydrogen-bond acceptors (Lipinski definition) is 3. The first-order valence-corrected chi connectivity index (χ1v) is 6.30. The zero-order valence-corrected chi connectivity index (χ0v) is 10.7. The maximum atomic E-state index is 11.7. The van der Waals surface area contributed by atoms with Crippen molar-refractivity contribution in [2.24, 2.45) is 11.7 Å². The van der Waals surface area contributed by atoms with Crippen molar-refractivity contribution in [1.29, 1.82) is 0 Å². The summed E-state index contributed by atoms with van der Waals surface area (Å²) in [5.41, 5.74) is 5.07. The van der Waals surface area contributed by atoms with E-state index in [0.29, 0.717) is 12.3 Å². The molecule has 1 heterocycles. The smallest absolute Gasteiger partial charge is 0.221 e. The summed E-state index contributed by atoms with van der Waals surface area (Å²) in [6, 6.07) is 0.0726. The summed E-state index contributed by atoms with van der Waals surface area (Å²) >= 11 is 0. The lowest BCUT2D eigenvalue weighted by Gasteiger charge is -2.30. The van der Waals surface area contributed by atoms with Gasteiger partial charge in [-0.2, -0.15) is 0 Å². The molecule has 0 aromatic rings. The van der Waals surface area contributed by atoms with Crippen molar-refractivity contribution in [2.45, 2.75) is 51.6 Å². The molecule has 1 aliphatic heterocycles. The van der Waals surface area contributed by atoms with Gasteiger partial charge in [0.2, 0.25) is 11.8 Å². The van der Waals surface area contributed by atoms with Crippen molar-refractivity contribution in [2.75, 3.05) is 6.54 Å². The third-order valence-corrected chi connectivity index (χ3v) is 3.25. The molecule has 0 saturated carbocycles. The van der Waals surface area contributed by atoms with Gasteiger partial charge in [0.05, 0.1) is 0 Å². The van der Waals surface area contributed by atoms with Gasteiger partial charge in [-0.3, -0.25) is 9.59 Å². The van der Waals surface area contributed by atoms with E-state index in [2.05, 4.69) is 17.6 Å². The van der Waals surface area contributed by atoms with Crippen molar-refractivity contribution in [3.8, 4) is 0 Å². The summed E-state index contributed by atoms with van der Waals surface area (Å²) in [6.45, 7) is 4.94. The van der Waals surface area contributed by atoms with E-state index in [0.717, 1.165) is 6.54 Å². The van der Waals surface area contributed by atoms with Gasteiger partial charge < -0.3 is 16.4 Å². The number of nitrogens with two attached hydrogens (primary N) is 1. The van der Waals surface area contributed by atoms with Gasteiger partial charge in [-0.05, 0) is 32.2 Å². The Bertz CT molecular complexity index is 281. The molecular formula is C12H23N3O2. The van der Waals surface area contributed by atoms with Crippen LogP contribution in [0.4, 0.5) is 0 Å². The summed E-state index contributed by atoms with van der Waals surface area (Å²) in [5.74, 6) is 0.132. The average Bonchev–Trinajstić information content (AvgIpc) is 2.19. The molecule has 1 rings (SSSR count). The number of primary amides is 1. The molecule has 3 unspecified atom stereocenters. The maximum absolute atomic E-state index is 11.7. The van der Waals surface area contributed by atoms with E-state index < -0.39 is 0 Å². The molecule has 3 atom stereocenters. The molecule has 4 N–H and O–H groups in total. The van der Waals surface area contributed by atoms with E-state index in [1.54, 1.807) is 6.92 Å². The van der Waals surface area contributed by atoms with E-state index in [9.17, 15) is 9.59 Å². The van der Waals surface area contributed by atoms with E-state index >= 15 is 0 Å². The molecule has 0 radical (unpaired) electrons. The van der Waals surface area contributed by atoms with Crippen molar-refractivity contribution >= 4 is 11.8 Å². The Morgan fingerprint density at radius 3 is 2.82 bits per heavy atom. The fourth-order valence-corrected chi connectivity index (χ4v) is 2.27. The van der Waals surface area contributed by atoms with Crippen LogP contribution in [-0.4, -0.2) is 30.4 Å². The molecule has 0 bridgehead atoms. The summed E-state index contributed by atoms with van der Waals surface area (Å²) in [4.78, 5) is 22.4. The third kappa shape index (κ3) is 5.17. The molecular weight excluding hydrogens is 218 g/mol. The van der Waals surface area contributed by atoms with Crippen LogP contribution in [0.2, 0.25) is 0 Å². The van der Waals surface area contributed by atoms with Gasteiger partial charge in [0, 0.05) is 24.9 Å². The van der Waals surface area contributed by atoms with E-state index in [4.69, 9.17) is 5.73 Å². The molecule has 2 amide bonds. The Morgan fingerprint density at radius 1 is 1.53 bits per heavy atom.